The Kier molecular flexibility index (Phi) is 2.36. The lowest BCUT2D eigenvalue weighted by molar-refractivity contribution is 0.0941. The van der Waals surface area contributed by atoms with Crippen LogP contribution in [0.2, 0.25) is 0 Å². The molecule has 2 heterocycles. The number of anilines is 1. The van der Waals surface area contributed by atoms with E-state index in [1.54, 1.807) is 0 Å². The molecular weight excluding hydrogens is 182 g/mol. The van der Waals surface area contributed by atoms with Crippen LogP contribution < -0.4 is 16.4 Å². The van der Waals surface area contributed by atoms with E-state index in [9.17, 15) is 4.79 Å². The van der Waals surface area contributed by atoms with Crippen molar-refractivity contribution < 1.29 is 4.79 Å². The number of H-pyrrole nitrogens is 1. The molecule has 0 aromatic carbocycles. The molecule has 0 aliphatic carbocycles. The molecule has 1 amide bonds. The van der Waals surface area contributed by atoms with Crippen LogP contribution in [0.5, 0.6) is 0 Å². The zero-order valence-electron chi connectivity index (χ0n) is 7.71. The molecule has 2 rings (SSSR count). The molecule has 1 aromatic rings. The van der Waals surface area contributed by atoms with E-state index in [1.165, 1.54) is 6.20 Å². The summed E-state index contributed by atoms with van der Waals surface area (Å²) < 4.78 is 0. The van der Waals surface area contributed by atoms with E-state index in [0.29, 0.717) is 11.4 Å². The maximum Gasteiger partial charge on any atom is 0.256 e. The average molecular weight is 195 g/mol. The highest BCUT2D eigenvalue weighted by Gasteiger charge is 2.19. The van der Waals surface area contributed by atoms with Crippen molar-refractivity contribution in [1.82, 2.24) is 20.8 Å². The molecule has 76 valence electrons. The zero-order chi connectivity index (χ0) is 9.97. The Morgan fingerprint density at radius 3 is 3.14 bits per heavy atom. The number of nitrogens with two attached hydrogens (primary N) is 1. The normalized spacial score (nSPS) is 21.0. The van der Waals surface area contributed by atoms with Crippen molar-refractivity contribution in [3.8, 4) is 0 Å². The summed E-state index contributed by atoms with van der Waals surface area (Å²) in [7, 11) is 0. The molecule has 1 saturated heterocycles. The molecule has 1 aliphatic rings. The van der Waals surface area contributed by atoms with Crippen LogP contribution in [0.25, 0.3) is 0 Å². The van der Waals surface area contributed by atoms with Crippen LogP contribution in [0.3, 0.4) is 0 Å². The van der Waals surface area contributed by atoms with Gasteiger partial charge in [0, 0.05) is 12.6 Å². The van der Waals surface area contributed by atoms with E-state index in [-0.39, 0.29) is 11.9 Å². The van der Waals surface area contributed by atoms with Gasteiger partial charge in [-0.1, -0.05) is 0 Å². The summed E-state index contributed by atoms with van der Waals surface area (Å²) in [6.07, 6.45) is 2.40. The van der Waals surface area contributed by atoms with Crippen LogP contribution in [0.15, 0.2) is 6.20 Å². The van der Waals surface area contributed by atoms with Gasteiger partial charge in [0.2, 0.25) is 0 Å². The van der Waals surface area contributed by atoms with Crippen molar-refractivity contribution in [3.63, 3.8) is 0 Å². The molecule has 1 atom stereocenters. The zero-order valence-corrected chi connectivity index (χ0v) is 7.71. The molecule has 1 aromatic heterocycles. The highest BCUT2D eigenvalue weighted by Crippen LogP contribution is 2.07. The number of hydrogen-bond acceptors (Lipinski definition) is 4. The van der Waals surface area contributed by atoms with Gasteiger partial charge < -0.3 is 16.4 Å². The van der Waals surface area contributed by atoms with Crippen LogP contribution in [0, 0.1) is 0 Å². The van der Waals surface area contributed by atoms with Gasteiger partial charge in [0.25, 0.3) is 5.91 Å². The maximum absolute atomic E-state index is 11.6. The van der Waals surface area contributed by atoms with E-state index in [0.717, 1.165) is 19.5 Å². The first-order valence-electron chi connectivity index (χ1n) is 4.58. The number of carbonyl (C=O) groups is 1. The minimum Gasteiger partial charge on any atom is -0.383 e. The summed E-state index contributed by atoms with van der Waals surface area (Å²) in [5.41, 5.74) is 5.94. The minimum absolute atomic E-state index is 0.162. The van der Waals surface area contributed by atoms with Crippen molar-refractivity contribution >= 4 is 11.7 Å². The second kappa shape index (κ2) is 3.67. The fraction of sp³-hybridized carbons (Fsp3) is 0.500. The summed E-state index contributed by atoms with van der Waals surface area (Å²) in [6.45, 7) is 1.77. The second-order valence-electron chi connectivity index (χ2n) is 3.36. The lowest BCUT2D eigenvalue weighted by Gasteiger charge is -2.09. The Labute approximate surface area is 81.2 Å². The fourth-order valence-electron chi connectivity index (χ4n) is 1.52. The molecular formula is C8H13N5O. The number of hydrogen-bond donors (Lipinski definition) is 4. The molecule has 6 nitrogen and oxygen atoms in total. The molecule has 5 N–H and O–H groups in total. The second-order valence-corrected chi connectivity index (χ2v) is 3.36. The summed E-state index contributed by atoms with van der Waals surface area (Å²) in [4.78, 5) is 11.6. The van der Waals surface area contributed by atoms with Gasteiger partial charge in [0.05, 0.1) is 6.20 Å². The van der Waals surface area contributed by atoms with E-state index >= 15 is 0 Å². The lowest BCUT2D eigenvalue weighted by Crippen LogP contribution is -2.36. The summed E-state index contributed by atoms with van der Waals surface area (Å²) in [5, 5.41) is 12.3. The topological polar surface area (TPSA) is 95.8 Å². The highest BCUT2D eigenvalue weighted by atomic mass is 16.1. The molecule has 0 saturated carbocycles. The summed E-state index contributed by atoms with van der Waals surface area (Å²) >= 11 is 0. The van der Waals surface area contributed by atoms with Crippen molar-refractivity contribution in [2.75, 3.05) is 18.8 Å². The number of nitrogen functional groups attached to an aromatic ring is 1. The van der Waals surface area contributed by atoms with Crippen LogP contribution in [0.1, 0.15) is 16.8 Å². The van der Waals surface area contributed by atoms with Crippen molar-refractivity contribution in [1.29, 1.82) is 0 Å². The number of aromatic amines is 1. The Balaban J connectivity index is 1.98. The number of amides is 1. The van der Waals surface area contributed by atoms with Gasteiger partial charge in [-0.2, -0.15) is 5.10 Å². The third kappa shape index (κ3) is 1.69. The van der Waals surface area contributed by atoms with E-state index < -0.39 is 0 Å². The van der Waals surface area contributed by atoms with Gasteiger partial charge >= 0.3 is 0 Å². The maximum atomic E-state index is 11.6. The molecule has 0 radical (unpaired) electrons. The van der Waals surface area contributed by atoms with Crippen molar-refractivity contribution in [2.24, 2.45) is 0 Å². The standard InChI is InChI=1S/C8H13N5O/c9-7-6(4-11-13-7)8(14)12-5-1-2-10-3-5/h4-5,10H,1-3H2,(H,12,14)(H3,9,11,13). The lowest BCUT2D eigenvalue weighted by atomic mass is 10.2. The Bertz CT molecular complexity index is 328. The first-order valence-corrected chi connectivity index (χ1v) is 4.58. The Morgan fingerprint density at radius 2 is 2.57 bits per heavy atom. The Hall–Kier alpha value is -1.56. The molecule has 0 spiro atoms. The minimum atomic E-state index is -0.162. The van der Waals surface area contributed by atoms with Crippen LogP contribution in [-0.2, 0) is 0 Å². The third-order valence-electron chi connectivity index (χ3n) is 2.31. The van der Waals surface area contributed by atoms with Crippen LogP contribution in [0.4, 0.5) is 5.82 Å². The van der Waals surface area contributed by atoms with Gasteiger partial charge in [0.1, 0.15) is 11.4 Å². The summed E-state index contributed by atoms with van der Waals surface area (Å²) in [5.74, 6) is 0.151. The number of nitrogens with one attached hydrogen (secondary N) is 3. The average Bonchev–Trinajstić information content (AvgIpc) is 2.75. The predicted octanol–water partition coefficient (Wildman–Crippen LogP) is -0.916. The van der Waals surface area contributed by atoms with Crippen molar-refractivity contribution in [3.05, 3.63) is 11.8 Å². The number of rotatable bonds is 2. The molecule has 6 heteroatoms. The number of nitrogens with zero attached hydrogens (tertiary/aromatic N) is 1. The van der Waals surface area contributed by atoms with Crippen LogP contribution in [-0.4, -0.2) is 35.2 Å². The molecule has 14 heavy (non-hydrogen) atoms. The van der Waals surface area contributed by atoms with Crippen LogP contribution >= 0.6 is 0 Å². The van der Waals surface area contributed by atoms with Crippen molar-refractivity contribution in [2.45, 2.75) is 12.5 Å². The van der Waals surface area contributed by atoms with E-state index in [2.05, 4.69) is 20.8 Å². The predicted molar refractivity (Wildman–Crippen MR) is 51.7 cm³/mol. The fourth-order valence-corrected chi connectivity index (χ4v) is 1.52. The SMILES string of the molecule is Nc1[nH]ncc1C(=O)NC1CCNC1. The number of aromatic nitrogens is 2. The molecule has 1 aliphatic heterocycles. The largest absolute Gasteiger partial charge is 0.383 e. The van der Waals surface area contributed by atoms with Gasteiger partial charge in [-0.05, 0) is 13.0 Å². The first-order chi connectivity index (χ1) is 6.77. The smallest absolute Gasteiger partial charge is 0.256 e. The molecule has 1 unspecified atom stereocenters. The quantitative estimate of drug-likeness (QED) is 0.491. The van der Waals surface area contributed by atoms with Gasteiger partial charge in [-0.25, -0.2) is 0 Å². The first kappa shape index (κ1) is 9.01. The van der Waals surface area contributed by atoms with Gasteiger partial charge in [-0.15, -0.1) is 0 Å². The van der Waals surface area contributed by atoms with E-state index in [1.807, 2.05) is 0 Å². The number of carbonyl (C=O) groups excluding carboxylic acids is 1. The molecule has 1 fully saturated rings. The van der Waals surface area contributed by atoms with Gasteiger partial charge in [-0.3, -0.25) is 9.89 Å². The van der Waals surface area contributed by atoms with Gasteiger partial charge in [0.15, 0.2) is 0 Å². The third-order valence-corrected chi connectivity index (χ3v) is 2.31. The Morgan fingerprint density at radius 1 is 1.71 bits per heavy atom. The molecule has 0 bridgehead atoms. The summed E-state index contributed by atoms with van der Waals surface area (Å²) in [6, 6.07) is 0.205. The van der Waals surface area contributed by atoms with E-state index in [4.69, 9.17) is 5.73 Å². The highest BCUT2D eigenvalue weighted by molar-refractivity contribution is 5.98. The monoisotopic (exact) mass is 195 g/mol.